The van der Waals surface area contributed by atoms with Gasteiger partial charge in [0.2, 0.25) is 12.7 Å². The molecular weight excluding hydrogens is 494 g/mol. The van der Waals surface area contributed by atoms with Crippen LogP contribution in [0.3, 0.4) is 0 Å². The first-order chi connectivity index (χ1) is 19.0. The number of aliphatic hydroxyl groups is 2. The van der Waals surface area contributed by atoms with Crippen LogP contribution in [-0.2, 0) is 39.6 Å². The smallest absolute Gasteiger partial charge is 0.343 e. The maximum Gasteiger partial charge on any atom is 0.343 e. The van der Waals surface area contributed by atoms with Gasteiger partial charge in [0.1, 0.15) is 15.5 Å². The average molecular weight is 522 g/mol. The Morgan fingerprint density at radius 2 is 2.00 bits per heavy atom. The lowest BCUT2D eigenvalue weighted by molar-refractivity contribution is -0.172. The van der Waals surface area contributed by atoms with Crippen LogP contribution in [0.15, 0.2) is 23.0 Å². The molecule has 1 aromatic carbocycles. The van der Waals surface area contributed by atoms with Crippen LogP contribution in [0, 0.1) is 5.92 Å². The van der Waals surface area contributed by atoms with Gasteiger partial charge < -0.3 is 34.3 Å². The van der Waals surface area contributed by atoms with E-state index in [-0.39, 0.29) is 54.7 Å². The predicted molar refractivity (Wildman–Crippen MR) is 131 cm³/mol. The summed E-state index contributed by atoms with van der Waals surface area (Å²) in [5.41, 5.74) is 0.408. The van der Waals surface area contributed by atoms with E-state index in [1.165, 1.54) is 10.6 Å². The molecule has 0 bridgehead atoms. The second-order valence-corrected chi connectivity index (χ2v) is 10.1. The molecule has 1 aliphatic carbocycles. The van der Waals surface area contributed by atoms with Gasteiger partial charge in [-0.05, 0) is 42.9 Å². The number of aliphatic hydroxyl groups excluding tert-OH is 1. The Kier molecular flexibility index (Phi) is 4.44. The number of esters is 1. The number of benzene rings is 1. The van der Waals surface area contributed by atoms with Gasteiger partial charge in [-0.2, -0.15) is 0 Å². The van der Waals surface area contributed by atoms with Crippen LogP contribution >= 0.6 is 0 Å². The molecule has 38 heavy (non-hydrogen) atoms. The van der Waals surface area contributed by atoms with Crippen molar-refractivity contribution in [1.29, 1.82) is 0 Å². The Hall–Kier alpha value is -3.96. The molecule has 3 aliphatic heterocycles. The first-order valence-electron chi connectivity index (χ1n) is 13.5. The van der Waals surface area contributed by atoms with Gasteiger partial charge in [-0.1, -0.05) is 6.92 Å². The summed E-state index contributed by atoms with van der Waals surface area (Å²) in [5, 5.41) is 24.8. The number of carbonyl (C=O) groups excluding carboxylic acids is 2. The Labute approximate surface area is 218 Å². The molecule has 1 saturated carbocycles. The lowest BCUT2D eigenvalue weighted by Gasteiger charge is -2.31. The number of pyridine rings is 2. The minimum atomic E-state index is -2.36. The molecule has 0 spiro atoms. The average Bonchev–Trinajstić information content (AvgIpc) is 3.63. The van der Waals surface area contributed by atoms with Crippen molar-refractivity contribution >= 4 is 22.8 Å². The Morgan fingerprint density at radius 1 is 1.24 bits per heavy atom. The highest BCUT2D eigenvalue weighted by atomic mass is 16.7. The number of hydrogen-bond donors (Lipinski definition) is 3. The van der Waals surface area contributed by atoms with Gasteiger partial charge in [0.15, 0.2) is 17.1 Å². The van der Waals surface area contributed by atoms with Crippen LogP contribution in [0.2, 0.25) is 0 Å². The lowest BCUT2D eigenvalue weighted by Crippen LogP contribution is -2.44. The number of nitrogens with zero attached hydrogens (tertiary/aromatic N) is 2. The van der Waals surface area contributed by atoms with Crippen molar-refractivity contribution in [2.75, 3.05) is 6.75 Å². The van der Waals surface area contributed by atoms with Crippen molar-refractivity contribution in [2.24, 2.45) is 5.92 Å². The van der Waals surface area contributed by atoms with Crippen LogP contribution in [0.5, 0.6) is 11.5 Å². The molecule has 1 amide bonds. The van der Waals surface area contributed by atoms with Gasteiger partial charge in [-0.3, -0.25) is 9.59 Å². The van der Waals surface area contributed by atoms with Crippen LogP contribution in [0.25, 0.3) is 22.3 Å². The molecule has 11 heteroatoms. The fourth-order valence-electron chi connectivity index (χ4n) is 5.55. The first-order valence-corrected chi connectivity index (χ1v) is 12.5. The molecule has 2 atom stereocenters. The molecule has 4 aliphatic rings. The summed E-state index contributed by atoms with van der Waals surface area (Å²) < 4.78 is 32.8. The standard InChI is InChI=1S/C27H25N3O8/c1-2-27(35)17-6-19-22-15(9-30(19)25(33)16(17)10-36-26(27)34)14(8-28-24(32)23(31)12-3-4-12)13-5-20-21(38-11-37-20)7-18(13)29-22/h5-7,12,23,31,35H,2-4,8-11H2,1H3,(H,28,32)/t23?,27-/m0/s1/i11D2. The van der Waals surface area contributed by atoms with Crippen LogP contribution in [0.4, 0.5) is 0 Å². The number of rotatable bonds is 5. The van der Waals surface area contributed by atoms with E-state index in [2.05, 4.69) is 5.32 Å². The maximum absolute atomic E-state index is 13.6. The predicted octanol–water partition coefficient (Wildman–Crippen LogP) is 1.20. The van der Waals surface area contributed by atoms with Gasteiger partial charge >= 0.3 is 5.97 Å². The first kappa shape index (κ1) is 21.0. The van der Waals surface area contributed by atoms with E-state index in [0.717, 1.165) is 12.8 Å². The van der Waals surface area contributed by atoms with E-state index in [1.807, 2.05) is 0 Å². The number of ether oxygens (including phenoxy) is 3. The van der Waals surface area contributed by atoms with Crippen molar-refractivity contribution in [1.82, 2.24) is 14.9 Å². The normalized spacial score (nSPS) is 23.6. The van der Waals surface area contributed by atoms with E-state index in [0.29, 0.717) is 33.4 Å². The van der Waals surface area contributed by atoms with Crippen LogP contribution in [-0.4, -0.2) is 44.5 Å². The topological polar surface area (TPSA) is 149 Å². The van der Waals surface area contributed by atoms with Crippen molar-refractivity contribution < 1.29 is 36.8 Å². The van der Waals surface area contributed by atoms with E-state index in [4.69, 9.17) is 21.9 Å². The third-order valence-corrected chi connectivity index (χ3v) is 7.95. The number of amides is 1. The summed E-state index contributed by atoms with van der Waals surface area (Å²) in [6.45, 7) is -0.890. The summed E-state index contributed by atoms with van der Waals surface area (Å²) in [6, 6.07) is 4.70. The SMILES string of the molecule is [2H]C1([2H])Oc2cc3nc4c(c(CNC(=O)C(O)C5CC5)c3cc2O1)Cn1c-4cc2c(c1=O)COC(=O)[C@]2(O)CC. The Balaban J connectivity index is 1.41. The van der Waals surface area contributed by atoms with Gasteiger partial charge in [0.25, 0.3) is 5.56 Å². The number of carbonyl (C=O) groups is 2. The maximum atomic E-state index is 13.6. The third kappa shape index (κ3) is 3.21. The highest BCUT2D eigenvalue weighted by Gasteiger charge is 2.45. The molecule has 0 saturated heterocycles. The molecular formula is C27H25N3O8. The van der Waals surface area contributed by atoms with E-state index in [1.54, 1.807) is 19.1 Å². The number of cyclic esters (lactones) is 1. The van der Waals surface area contributed by atoms with Gasteiger partial charge in [-0.25, -0.2) is 9.78 Å². The van der Waals surface area contributed by atoms with Crippen molar-refractivity contribution in [3.05, 3.63) is 50.8 Å². The molecule has 5 heterocycles. The fraction of sp³-hybridized carbons (Fsp3) is 0.407. The quantitative estimate of drug-likeness (QED) is 0.329. The number of nitrogens with one attached hydrogen (secondary N) is 1. The lowest BCUT2D eigenvalue weighted by atomic mass is 9.86. The molecule has 11 nitrogen and oxygen atoms in total. The summed E-state index contributed by atoms with van der Waals surface area (Å²) >= 11 is 0. The highest BCUT2D eigenvalue weighted by Crippen LogP contribution is 2.43. The summed E-state index contributed by atoms with van der Waals surface area (Å²) in [5.74, 6) is -1.08. The molecule has 0 radical (unpaired) electrons. The Morgan fingerprint density at radius 3 is 2.74 bits per heavy atom. The molecule has 2 aromatic heterocycles. The number of fused-ring (bicyclic) bond motifs is 6. The molecule has 1 fully saturated rings. The number of aromatic nitrogens is 2. The minimum Gasteiger partial charge on any atom is -0.458 e. The van der Waals surface area contributed by atoms with Crippen molar-refractivity contribution in [2.45, 2.75) is 57.6 Å². The zero-order valence-corrected chi connectivity index (χ0v) is 20.4. The van der Waals surface area contributed by atoms with Crippen LogP contribution < -0.4 is 20.3 Å². The van der Waals surface area contributed by atoms with Gasteiger partial charge in [0, 0.05) is 29.1 Å². The summed E-state index contributed by atoms with van der Waals surface area (Å²) in [4.78, 5) is 43.6. The van der Waals surface area contributed by atoms with Gasteiger partial charge in [-0.15, -0.1) is 0 Å². The summed E-state index contributed by atoms with van der Waals surface area (Å²) in [7, 11) is 0. The zero-order chi connectivity index (χ0) is 28.1. The van der Waals surface area contributed by atoms with Gasteiger partial charge in [0.05, 0.1) is 29.0 Å². The monoisotopic (exact) mass is 521 g/mol. The largest absolute Gasteiger partial charge is 0.458 e. The van der Waals surface area contributed by atoms with Crippen molar-refractivity contribution in [3.63, 3.8) is 0 Å². The molecule has 7 rings (SSSR count). The third-order valence-electron chi connectivity index (χ3n) is 7.95. The highest BCUT2D eigenvalue weighted by molar-refractivity contribution is 5.92. The molecule has 1 unspecified atom stereocenters. The number of hydrogen-bond acceptors (Lipinski definition) is 9. The van der Waals surface area contributed by atoms with E-state index < -0.39 is 35.9 Å². The second-order valence-electron chi connectivity index (χ2n) is 10.1. The fourth-order valence-corrected chi connectivity index (χ4v) is 5.55. The second kappa shape index (κ2) is 8.02. The van der Waals surface area contributed by atoms with Crippen LogP contribution in [0.1, 0.15) is 51.2 Å². The molecule has 196 valence electrons. The Bertz CT molecular complexity index is 1720. The summed E-state index contributed by atoms with van der Waals surface area (Å²) in [6.07, 6.45) is 0.455. The van der Waals surface area contributed by atoms with E-state index in [9.17, 15) is 24.6 Å². The zero-order valence-electron chi connectivity index (χ0n) is 22.4. The molecule has 3 N–H and O–H groups in total. The van der Waals surface area contributed by atoms with Crippen molar-refractivity contribution in [3.8, 4) is 22.9 Å². The molecule has 3 aromatic rings. The minimum absolute atomic E-state index is 0.000544. The van der Waals surface area contributed by atoms with E-state index >= 15 is 0 Å².